The molecule has 0 spiro atoms. The highest BCUT2D eigenvalue weighted by molar-refractivity contribution is 7.92. The molecule has 0 N–H and O–H groups in total. The van der Waals surface area contributed by atoms with Crippen LogP contribution in [0.4, 0.5) is 4.39 Å². The number of fused-ring (bicyclic) bond motifs is 1. The Kier molecular flexibility index (Phi) is 5.18. The van der Waals surface area contributed by atoms with Crippen LogP contribution in [0.2, 0.25) is 0 Å². The largest absolute Gasteiger partial charge is 0.243 e. The number of nitrogens with zero attached hydrogens (tertiary/aromatic N) is 1. The molecule has 1 unspecified atom stereocenters. The summed E-state index contributed by atoms with van der Waals surface area (Å²) in [5, 5.41) is 0.324. The SMILES string of the molecule is O=S1(=O)CCN(S(=O)(=O)c2cccc3ccccc23)CCC1c1ccccc1F. The molecule has 0 aromatic heterocycles. The van der Waals surface area contributed by atoms with E-state index in [4.69, 9.17) is 0 Å². The van der Waals surface area contributed by atoms with Gasteiger partial charge in [-0.25, -0.2) is 21.2 Å². The Morgan fingerprint density at radius 2 is 1.59 bits per heavy atom. The second-order valence-electron chi connectivity index (χ2n) is 7.05. The molecule has 3 aromatic rings. The molecule has 0 radical (unpaired) electrons. The average Bonchev–Trinajstić information content (AvgIpc) is 2.86. The van der Waals surface area contributed by atoms with Gasteiger partial charge in [-0.05, 0) is 23.9 Å². The molecule has 1 aliphatic rings. The van der Waals surface area contributed by atoms with E-state index in [1.165, 1.54) is 28.6 Å². The number of rotatable bonds is 3. The molecule has 152 valence electrons. The first-order chi connectivity index (χ1) is 13.8. The highest BCUT2D eigenvalue weighted by Gasteiger charge is 2.37. The molecule has 5 nitrogen and oxygen atoms in total. The summed E-state index contributed by atoms with van der Waals surface area (Å²) in [6.07, 6.45) is 0.00721. The van der Waals surface area contributed by atoms with Crippen molar-refractivity contribution in [3.05, 3.63) is 78.1 Å². The van der Waals surface area contributed by atoms with Gasteiger partial charge in [0.05, 0.1) is 15.9 Å². The van der Waals surface area contributed by atoms with Crippen LogP contribution in [0, 0.1) is 5.82 Å². The molecule has 29 heavy (non-hydrogen) atoms. The lowest BCUT2D eigenvalue weighted by Gasteiger charge is -2.21. The minimum atomic E-state index is -3.90. The summed E-state index contributed by atoms with van der Waals surface area (Å²) in [7, 11) is -7.60. The third kappa shape index (κ3) is 3.68. The summed E-state index contributed by atoms with van der Waals surface area (Å²) in [5.74, 6) is -0.942. The number of halogens is 1. The molecule has 0 aliphatic carbocycles. The predicted octanol–water partition coefficient (Wildman–Crippen LogP) is 3.53. The highest BCUT2D eigenvalue weighted by atomic mass is 32.2. The van der Waals surface area contributed by atoms with Crippen molar-refractivity contribution in [2.75, 3.05) is 18.8 Å². The summed E-state index contributed by atoms with van der Waals surface area (Å²) in [4.78, 5) is 0.150. The van der Waals surface area contributed by atoms with E-state index in [0.29, 0.717) is 5.39 Å². The Hall–Kier alpha value is -2.29. The Bertz CT molecular complexity index is 1270. The van der Waals surface area contributed by atoms with Crippen molar-refractivity contribution in [3.63, 3.8) is 0 Å². The lowest BCUT2D eigenvalue weighted by Crippen LogP contribution is -2.33. The molecule has 4 rings (SSSR count). The quantitative estimate of drug-likeness (QED) is 0.634. The van der Waals surface area contributed by atoms with Crippen LogP contribution in [0.25, 0.3) is 10.8 Å². The number of hydrogen-bond acceptors (Lipinski definition) is 4. The van der Waals surface area contributed by atoms with Crippen LogP contribution in [0.1, 0.15) is 17.2 Å². The molecular weight excluding hydrogens is 413 g/mol. The molecule has 3 aromatic carbocycles. The summed E-state index contributed by atoms with van der Waals surface area (Å²) in [5.41, 5.74) is 0.0944. The van der Waals surface area contributed by atoms with Crippen LogP contribution in [0.5, 0.6) is 0 Å². The normalized spacial score (nSPS) is 20.4. The predicted molar refractivity (Wildman–Crippen MR) is 110 cm³/mol. The number of sulfone groups is 1. The van der Waals surface area contributed by atoms with E-state index in [1.54, 1.807) is 24.3 Å². The average molecular weight is 434 g/mol. The second-order valence-corrected chi connectivity index (χ2v) is 11.3. The van der Waals surface area contributed by atoms with Crippen LogP contribution < -0.4 is 0 Å². The van der Waals surface area contributed by atoms with E-state index in [2.05, 4.69) is 0 Å². The Labute approximate surface area is 169 Å². The van der Waals surface area contributed by atoms with Gasteiger partial charge in [0.25, 0.3) is 0 Å². The van der Waals surface area contributed by atoms with E-state index >= 15 is 0 Å². The van der Waals surface area contributed by atoms with E-state index in [1.807, 2.05) is 18.2 Å². The zero-order chi connectivity index (χ0) is 20.6. The van der Waals surface area contributed by atoms with Gasteiger partial charge in [0.1, 0.15) is 5.82 Å². The van der Waals surface area contributed by atoms with Crippen LogP contribution >= 0.6 is 0 Å². The molecule has 0 saturated carbocycles. The Morgan fingerprint density at radius 1 is 0.897 bits per heavy atom. The van der Waals surface area contributed by atoms with Crippen molar-refractivity contribution in [2.24, 2.45) is 0 Å². The second kappa shape index (κ2) is 7.51. The fourth-order valence-corrected chi connectivity index (χ4v) is 7.40. The number of sulfonamides is 1. The maximum Gasteiger partial charge on any atom is 0.243 e. The number of hydrogen-bond donors (Lipinski definition) is 0. The summed E-state index contributed by atoms with van der Waals surface area (Å²) < 4.78 is 67.7. The van der Waals surface area contributed by atoms with Crippen molar-refractivity contribution >= 4 is 30.6 Å². The summed E-state index contributed by atoms with van der Waals surface area (Å²) in [6.45, 7) is -0.150. The van der Waals surface area contributed by atoms with Crippen molar-refractivity contribution < 1.29 is 21.2 Å². The van der Waals surface area contributed by atoms with Gasteiger partial charge >= 0.3 is 0 Å². The van der Waals surface area contributed by atoms with Crippen molar-refractivity contribution in [1.82, 2.24) is 4.31 Å². The lowest BCUT2D eigenvalue weighted by molar-refractivity contribution is 0.427. The van der Waals surface area contributed by atoms with Gasteiger partial charge in [0, 0.05) is 24.0 Å². The molecule has 0 amide bonds. The molecule has 1 heterocycles. The van der Waals surface area contributed by atoms with Gasteiger partial charge in [0.15, 0.2) is 9.84 Å². The fourth-order valence-electron chi connectivity index (χ4n) is 3.81. The van der Waals surface area contributed by atoms with Gasteiger partial charge in [-0.2, -0.15) is 4.31 Å². The third-order valence-electron chi connectivity index (χ3n) is 5.32. The topological polar surface area (TPSA) is 71.5 Å². The van der Waals surface area contributed by atoms with Gasteiger partial charge in [-0.15, -0.1) is 0 Å². The van der Waals surface area contributed by atoms with Gasteiger partial charge in [-0.3, -0.25) is 0 Å². The first kappa shape index (κ1) is 20.0. The van der Waals surface area contributed by atoms with E-state index in [0.717, 1.165) is 5.39 Å². The van der Waals surface area contributed by atoms with Crippen LogP contribution in [-0.2, 0) is 19.9 Å². The third-order valence-corrected chi connectivity index (χ3v) is 9.38. The van der Waals surface area contributed by atoms with Gasteiger partial charge in [0.2, 0.25) is 10.0 Å². The number of benzene rings is 3. The molecule has 8 heteroatoms. The Balaban J connectivity index is 1.71. The smallest absolute Gasteiger partial charge is 0.228 e. The van der Waals surface area contributed by atoms with Gasteiger partial charge < -0.3 is 0 Å². The highest BCUT2D eigenvalue weighted by Crippen LogP contribution is 2.33. The van der Waals surface area contributed by atoms with Crippen LogP contribution in [-0.4, -0.2) is 40.0 Å². The summed E-state index contributed by atoms with van der Waals surface area (Å²) >= 11 is 0. The van der Waals surface area contributed by atoms with Crippen molar-refractivity contribution in [1.29, 1.82) is 0 Å². The molecule has 1 saturated heterocycles. The van der Waals surface area contributed by atoms with Crippen molar-refractivity contribution in [2.45, 2.75) is 16.6 Å². The molecular formula is C21H20FNO4S2. The summed E-state index contributed by atoms with van der Waals surface area (Å²) in [6, 6.07) is 18.0. The Morgan fingerprint density at radius 3 is 2.38 bits per heavy atom. The van der Waals surface area contributed by atoms with E-state index in [-0.39, 0.29) is 35.7 Å². The monoisotopic (exact) mass is 433 g/mol. The maximum absolute atomic E-state index is 14.2. The van der Waals surface area contributed by atoms with Crippen LogP contribution in [0.3, 0.4) is 0 Å². The fraction of sp³-hybridized carbons (Fsp3) is 0.238. The standard InChI is InChI=1S/C21H20FNO4S2/c22-19-10-4-3-9-18(19)20-12-13-23(14-15-28(20,24)25)29(26,27)21-11-5-7-16-6-1-2-8-17(16)21/h1-11,20H,12-15H2. The minimum Gasteiger partial charge on any atom is -0.228 e. The van der Waals surface area contributed by atoms with Crippen LogP contribution in [0.15, 0.2) is 71.6 Å². The zero-order valence-electron chi connectivity index (χ0n) is 15.5. The first-order valence-corrected chi connectivity index (χ1v) is 12.4. The zero-order valence-corrected chi connectivity index (χ0v) is 17.2. The maximum atomic E-state index is 14.2. The lowest BCUT2D eigenvalue weighted by atomic mass is 10.1. The van der Waals surface area contributed by atoms with Gasteiger partial charge in [-0.1, -0.05) is 54.6 Å². The molecule has 1 fully saturated rings. The van der Waals surface area contributed by atoms with Crippen molar-refractivity contribution in [3.8, 4) is 0 Å². The molecule has 0 bridgehead atoms. The first-order valence-electron chi connectivity index (χ1n) is 9.24. The van der Waals surface area contributed by atoms with E-state index in [9.17, 15) is 21.2 Å². The molecule has 1 aliphatic heterocycles. The molecule has 1 atom stereocenters. The minimum absolute atomic E-state index is 0.00376. The van der Waals surface area contributed by atoms with E-state index < -0.39 is 30.9 Å².